The molecule has 0 radical (unpaired) electrons. The molecule has 214 valence electrons. The first-order valence-electron chi connectivity index (χ1n) is 14.1. The fourth-order valence-electron chi connectivity index (χ4n) is 5.96. The van der Waals surface area contributed by atoms with Gasteiger partial charge in [-0.05, 0) is 66.4 Å². The molecule has 10 nitrogen and oxygen atoms in total. The van der Waals surface area contributed by atoms with E-state index in [1.165, 1.54) is 19.3 Å². The summed E-state index contributed by atoms with van der Waals surface area (Å²) in [6.07, 6.45) is 9.94. The number of amidine groups is 1. The lowest BCUT2D eigenvalue weighted by Crippen LogP contribution is -2.51. The van der Waals surface area contributed by atoms with Gasteiger partial charge in [0.15, 0.2) is 0 Å². The molecule has 2 N–H and O–H groups in total. The summed E-state index contributed by atoms with van der Waals surface area (Å²) in [6, 6.07) is 5.92. The minimum absolute atomic E-state index is 0.00451. The summed E-state index contributed by atoms with van der Waals surface area (Å²) in [6.45, 7) is 4.56. The fourth-order valence-corrected chi connectivity index (χ4v) is 6.32. The molecular formula is C29H40N7O3P. The van der Waals surface area contributed by atoms with Gasteiger partial charge < -0.3 is 24.2 Å². The molecule has 2 aromatic rings. The quantitative estimate of drug-likeness (QED) is 0.244. The van der Waals surface area contributed by atoms with Crippen molar-refractivity contribution in [1.82, 2.24) is 19.8 Å². The van der Waals surface area contributed by atoms with Gasteiger partial charge in [0, 0.05) is 51.2 Å². The number of hydrogen-bond donors (Lipinski definition) is 2. The maximum Gasteiger partial charge on any atom is 0.227 e. The molecule has 0 bridgehead atoms. The summed E-state index contributed by atoms with van der Waals surface area (Å²) in [4.78, 5) is 27.4. The molecule has 1 saturated carbocycles. The summed E-state index contributed by atoms with van der Waals surface area (Å²) in [7, 11) is 4.41. The van der Waals surface area contributed by atoms with Crippen molar-refractivity contribution in [3.8, 4) is 5.75 Å². The number of piperazine rings is 1. The number of rotatable bonds is 11. The van der Waals surface area contributed by atoms with E-state index in [2.05, 4.69) is 24.1 Å². The molecule has 11 heteroatoms. The third-order valence-corrected chi connectivity index (χ3v) is 8.97. The van der Waals surface area contributed by atoms with Crippen LogP contribution in [0.4, 0.5) is 5.95 Å². The number of nitrogens with one attached hydrogen (secondary N) is 2. The van der Waals surface area contributed by atoms with E-state index in [1.54, 1.807) is 16.9 Å². The zero-order valence-electron chi connectivity index (χ0n) is 23.2. The third-order valence-electron chi connectivity index (χ3n) is 8.43. The Morgan fingerprint density at radius 3 is 2.62 bits per heavy atom. The molecule has 3 heterocycles. The number of hydrogen-bond acceptors (Lipinski definition) is 8. The Labute approximate surface area is 238 Å². The van der Waals surface area contributed by atoms with Crippen molar-refractivity contribution >= 4 is 38.6 Å². The predicted molar refractivity (Wildman–Crippen MR) is 159 cm³/mol. The second-order valence-electron chi connectivity index (χ2n) is 11.1. The highest BCUT2D eigenvalue weighted by molar-refractivity contribution is 7.27. The number of nitrogens with zero attached hydrogens (tertiary/aromatic N) is 5. The van der Waals surface area contributed by atoms with E-state index in [9.17, 15) is 4.79 Å². The molecule has 2 aliphatic heterocycles. The van der Waals surface area contributed by atoms with E-state index in [4.69, 9.17) is 20.3 Å². The normalized spacial score (nSPS) is 21.4. The summed E-state index contributed by atoms with van der Waals surface area (Å²) >= 11 is 0. The van der Waals surface area contributed by atoms with Crippen LogP contribution in [0.3, 0.4) is 0 Å². The van der Waals surface area contributed by atoms with Crippen molar-refractivity contribution in [3.05, 3.63) is 41.7 Å². The molecule has 1 aromatic carbocycles. The van der Waals surface area contributed by atoms with Gasteiger partial charge in [-0.3, -0.25) is 15.6 Å². The Morgan fingerprint density at radius 2 is 1.95 bits per heavy atom. The predicted octanol–water partition coefficient (Wildman–Crippen LogP) is 2.72. The zero-order chi connectivity index (χ0) is 28.1. The maximum atomic E-state index is 12.8. The largest absolute Gasteiger partial charge is 0.494 e. The van der Waals surface area contributed by atoms with Crippen LogP contribution in [-0.2, 0) is 22.6 Å². The lowest BCUT2D eigenvalue weighted by atomic mass is 9.90. The van der Waals surface area contributed by atoms with E-state index in [-0.39, 0.29) is 18.3 Å². The second kappa shape index (κ2) is 13.0. The Morgan fingerprint density at radius 1 is 1.18 bits per heavy atom. The van der Waals surface area contributed by atoms with Crippen LogP contribution in [0.1, 0.15) is 36.8 Å². The third kappa shape index (κ3) is 6.96. The first-order valence-corrected chi connectivity index (χ1v) is 14.7. The van der Waals surface area contributed by atoms with Gasteiger partial charge in [-0.2, -0.15) is 0 Å². The van der Waals surface area contributed by atoms with Gasteiger partial charge in [0.2, 0.25) is 11.9 Å². The Kier molecular flexibility index (Phi) is 9.27. The molecule has 2 saturated heterocycles. The lowest BCUT2D eigenvalue weighted by molar-refractivity contribution is -0.130. The summed E-state index contributed by atoms with van der Waals surface area (Å²) in [5, 5.41) is 16.3. The molecule has 0 spiro atoms. The van der Waals surface area contributed by atoms with Crippen LogP contribution in [0.2, 0.25) is 0 Å². The van der Waals surface area contributed by atoms with Crippen LogP contribution in [-0.4, -0.2) is 84.3 Å². The minimum atomic E-state index is 0.00451. The number of benzene rings is 1. The van der Waals surface area contributed by atoms with Gasteiger partial charge in [-0.25, -0.2) is 9.97 Å². The van der Waals surface area contributed by atoms with E-state index < -0.39 is 0 Å². The number of aromatic nitrogens is 2. The Hall–Kier alpha value is -3.10. The van der Waals surface area contributed by atoms with Crippen molar-refractivity contribution in [3.63, 3.8) is 0 Å². The number of piperidine rings is 1. The van der Waals surface area contributed by atoms with Gasteiger partial charge in [0.25, 0.3) is 0 Å². The number of amides is 1. The van der Waals surface area contributed by atoms with Crippen molar-refractivity contribution in [2.45, 2.75) is 38.7 Å². The van der Waals surface area contributed by atoms with E-state index in [0.29, 0.717) is 32.7 Å². The van der Waals surface area contributed by atoms with Gasteiger partial charge >= 0.3 is 0 Å². The SMILES string of the molecule is COCc1cnc(N2CCC(C3CC3CCOc3ccc(CC(=O)N4CCN(C=N)C(=N)C4)c(P)c3)CC2)nc1. The zero-order valence-corrected chi connectivity index (χ0v) is 24.4. The number of carbonyl (C=O) groups is 1. The molecule has 1 aliphatic carbocycles. The van der Waals surface area contributed by atoms with Crippen LogP contribution in [0.25, 0.3) is 0 Å². The summed E-state index contributed by atoms with van der Waals surface area (Å²) in [5.74, 6) is 4.29. The molecular weight excluding hydrogens is 525 g/mol. The molecule has 3 aliphatic rings. The molecule has 5 rings (SSSR count). The first kappa shape index (κ1) is 28.4. The molecule has 3 fully saturated rings. The number of methoxy groups -OCH3 is 1. The monoisotopic (exact) mass is 565 g/mol. The standard InChI is InChI=1S/C29H40N7O3P/c1-38-18-20-15-32-29(33-16-20)34-7-4-21(5-8-34)25-12-22(25)6-11-39-24-3-2-23(26(40)14-24)13-28(37)35-9-10-36(19-30)27(31)17-35/h2-3,14-16,19,21-22,25,30-31H,4-13,17-18,40H2,1H3. The van der Waals surface area contributed by atoms with Crippen molar-refractivity contribution in [2.75, 3.05) is 51.3 Å². The van der Waals surface area contributed by atoms with Crippen molar-refractivity contribution in [2.24, 2.45) is 17.8 Å². The topological polar surface area (TPSA) is 119 Å². The lowest BCUT2D eigenvalue weighted by Gasteiger charge is -2.33. The smallest absolute Gasteiger partial charge is 0.227 e. The highest BCUT2D eigenvalue weighted by Crippen LogP contribution is 2.49. The van der Waals surface area contributed by atoms with E-state index in [0.717, 1.165) is 71.7 Å². The van der Waals surface area contributed by atoms with Gasteiger partial charge in [-0.15, -0.1) is 9.24 Å². The van der Waals surface area contributed by atoms with E-state index >= 15 is 0 Å². The minimum Gasteiger partial charge on any atom is -0.494 e. The number of carbonyl (C=O) groups excluding carboxylic acids is 1. The Balaban J connectivity index is 1.01. The van der Waals surface area contributed by atoms with E-state index in [1.807, 2.05) is 30.6 Å². The molecule has 3 unspecified atom stereocenters. The van der Waals surface area contributed by atoms with Crippen LogP contribution < -0.4 is 14.9 Å². The number of anilines is 1. The highest BCUT2D eigenvalue weighted by Gasteiger charge is 2.43. The molecule has 1 aromatic heterocycles. The van der Waals surface area contributed by atoms with Crippen LogP contribution in [0, 0.1) is 28.6 Å². The van der Waals surface area contributed by atoms with Gasteiger partial charge in [0.1, 0.15) is 11.6 Å². The number of ether oxygens (including phenoxy) is 2. The highest BCUT2D eigenvalue weighted by atomic mass is 31.0. The van der Waals surface area contributed by atoms with Crippen molar-refractivity contribution in [1.29, 1.82) is 10.8 Å². The van der Waals surface area contributed by atoms with Crippen LogP contribution >= 0.6 is 9.24 Å². The maximum absolute atomic E-state index is 12.8. The first-order chi connectivity index (χ1) is 19.4. The fraction of sp³-hybridized carbons (Fsp3) is 0.552. The Bertz CT molecular complexity index is 1200. The molecule has 1 amide bonds. The summed E-state index contributed by atoms with van der Waals surface area (Å²) in [5.41, 5.74) is 1.95. The molecule has 40 heavy (non-hydrogen) atoms. The second-order valence-corrected chi connectivity index (χ2v) is 11.7. The molecule has 3 atom stereocenters. The van der Waals surface area contributed by atoms with Crippen LogP contribution in [0.15, 0.2) is 30.6 Å². The van der Waals surface area contributed by atoms with Gasteiger partial charge in [-0.1, -0.05) is 6.07 Å². The average Bonchev–Trinajstić information content (AvgIpc) is 3.74. The van der Waals surface area contributed by atoms with Crippen molar-refractivity contribution < 1.29 is 14.3 Å². The summed E-state index contributed by atoms with van der Waals surface area (Å²) < 4.78 is 11.2. The average molecular weight is 566 g/mol. The van der Waals surface area contributed by atoms with Gasteiger partial charge in [0.05, 0.1) is 32.5 Å². The van der Waals surface area contributed by atoms with Crippen LogP contribution in [0.5, 0.6) is 5.75 Å².